The largest absolute Gasteiger partial charge is 0.381 e. The molecule has 1 rings (SSSR count). The maximum Gasteiger partial charge on any atom is 0.253 e. The zero-order valence-corrected chi connectivity index (χ0v) is 8.80. The van der Waals surface area contributed by atoms with Crippen molar-refractivity contribution >= 4 is 0 Å². The van der Waals surface area contributed by atoms with Gasteiger partial charge in [0.2, 0.25) is 0 Å². The van der Waals surface area contributed by atoms with Gasteiger partial charge in [-0.1, -0.05) is 0 Å². The van der Waals surface area contributed by atoms with E-state index in [1.165, 1.54) is 6.92 Å². The summed E-state index contributed by atoms with van der Waals surface area (Å²) in [5.74, 6) is 0.477. The first-order valence-corrected chi connectivity index (χ1v) is 5.23. The smallest absolute Gasteiger partial charge is 0.253 e. The van der Waals surface area contributed by atoms with Crippen LogP contribution in [0.3, 0.4) is 0 Å². The monoisotopic (exact) mass is 207 g/mol. The van der Waals surface area contributed by atoms with Gasteiger partial charge in [-0.2, -0.15) is 0 Å². The molecule has 1 aliphatic rings. The average molecular weight is 207 g/mol. The van der Waals surface area contributed by atoms with Gasteiger partial charge in [0.25, 0.3) is 6.43 Å². The van der Waals surface area contributed by atoms with E-state index < -0.39 is 12.5 Å². The molecule has 0 radical (unpaired) electrons. The highest BCUT2D eigenvalue weighted by atomic mass is 19.3. The van der Waals surface area contributed by atoms with Crippen molar-refractivity contribution in [1.29, 1.82) is 0 Å². The predicted molar refractivity (Wildman–Crippen MR) is 51.6 cm³/mol. The lowest BCUT2D eigenvalue weighted by atomic mass is 9.92. The Morgan fingerprint density at radius 3 is 2.29 bits per heavy atom. The third-order valence-electron chi connectivity index (χ3n) is 2.88. The second-order valence-corrected chi connectivity index (χ2v) is 4.03. The molecule has 0 spiro atoms. The molecular formula is C10H19F2NO. The highest BCUT2D eigenvalue weighted by Crippen LogP contribution is 2.19. The summed E-state index contributed by atoms with van der Waals surface area (Å²) in [4.78, 5) is 0. The van der Waals surface area contributed by atoms with E-state index in [9.17, 15) is 8.78 Å². The van der Waals surface area contributed by atoms with Crippen LogP contribution in [0.15, 0.2) is 0 Å². The quantitative estimate of drug-likeness (QED) is 0.761. The van der Waals surface area contributed by atoms with E-state index in [-0.39, 0.29) is 6.04 Å². The third-order valence-corrected chi connectivity index (χ3v) is 2.88. The van der Waals surface area contributed by atoms with Gasteiger partial charge in [0.05, 0.1) is 6.04 Å². The van der Waals surface area contributed by atoms with E-state index >= 15 is 0 Å². The van der Waals surface area contributed by atoms with Crippen LogP contribution < -0.4 is 5.32 Å². The molecule has 0 amide bonds. The van der Waals surface area contributed by atoms with Crippen LogP contribution in [-0.2, 0) is 4.74 Å². The van der Waals surface area contributed by atoms with Crippen LogP contribution in [0.4, 0.5) is 8.78 Å². The number of hydrogen-bond donors (Lipinski definition) is 1. The van der Waals surface area contributed by atoms with E-state index in [0.717, 1.165) is 26.1 Å². The molecule has 0 aromatic carbocycles. The van der Waals surface area contributed by atoms with Gasteiger partial charge < -0.3 is 10.1 Å². The van der Waals surface area contributed by atoms with Gasteiger partial charge >= 0.3 is 0 Å². The molecule has 2 atom stereocenters. The summed E-state index contributed by atoms with van der Waals surface area (Å²) in [7, 11) is 0. The molecule has 1 heterocycles. The first-order chi connectivity index (χ1) is 6.61. The van der Waals surface area contributed by atoms with Gasteiger partial charge in [0, 0.05) is 19.3 Å². The maximum absolute atomic E-state index is 12.3. The molecule has 1 saturated heterocycles. The summed E-state index contributed by atoms with van der Waals surface area (Å²) in [6, 6.07) is -0.559. The Hall–Kier alpha value is -0.220. The van der Waals surface area contributed by atoms with Crippen molar-refractivity contribution in [2.75, 3.05) is 13.2 Å². The normalized spacial score (nSPS) is 23.8. The standard InChI is InChI=1S/C10H19F2NO/c1-7(13-8(2)10(11)12)9-3-5-14-6-4-9/h7-10,13H,3-6H2,1-2H3. The number of halogens is 2. The third kappa shape index (κ3) is 3.50. The summed E-state index contributed by atoms with van der Waals surface area (Å²) < 4.78 is 29.8. The molecule has 1 fully saturated rings. The van der Waals surface area contributed by atoms with Crippen molar-refractivity contribution in [3.05, 3.63) is 0 Å². The molecule has 0 aromatic rings. The number of ether oxygens (including phenoxy) is 1. The van der Waals surface area contributed by atoms with Crippen molar-refractivity contribution in [3.8, 4) is 0 Å². The van der Waals surface area contributed by atoms with Crippen LogP contribution >= 0.6 is 0 Å². The summed E-state index contributed by atoms with van der Waals surface area (Å²) in [5.41, 5.74) is 0. The minimum atomic E-state index is -2.28. The van der Waals surface area contributed by atoms with Gasteiger partial charge in [-0.3, -0.25) is 0 Å². The molecular weight excluding hydrogens is 188 g/mol. The summed E-state index contributed by atoms with van der Waals surface area (Å²) in [6.07, 6.45) is -0.328. The lowest BCUT2D eigenvalue weighted by Crippen LogP contribution is -2.44. The lowest BCUT2D eigenvalue weighted by molar-refractivity contribution is 0.0456. The van der Waals surface area contributed by atoms with Crippen molar-refractivity contribution in [2.24, 2.45) is 5.92 Å². The first kappa shape index (κ1) is 11.9. The number of alkyl halides is 2. The average Bonchev–Trinajstić information content (AvgIpc) is 2.19. The van der Waals surface area contributed by atoms with Gasteiger partial charge in [-0.05, 0) is 32.6 Å². The van der Waals surface area contributed by atoms with Gasteiger partial charge in [0.15, 0.2) is 0 Å². The molecule has 0 aromatic heterocycles. The predicted octanol–water partition coefficient (Wildman–Crippen LogP) is 2.04. The van der Waals surface area contributed by atoms with Crippen LogP contribution in [0, 0.1) is 5.92 Å². The van der Waals surface area contributed by atoms with Crippen LogP contribution in [0.1, 0.15) is 26.7 Å². The van der Waals surface area contributed by atoms with Gasteiger partial charge in [-0.25, -0.2) is 8.78 Å². The van der Waals surface area contributed by atoms with E-state index in [1.54, 1.807) is 0 Å². The fourth-order valence-corrected chi connectivity index (χ4v) is 1.84. The summed E-state index contributed by atoms with van der Waals surface area (Å²) in [6.45, 7) is 5.04. The molecule has 0 bridgehead atoms. The minimum absolute atomic E-state index is 0.155. The number of rotatable bonds is 4. The Kier molecular flexibility index (Phi) is 4.75. The van der Waals surface area contributed by atoms with Crippen molar-refractivity contribution < 1.29 is 13.5 Å². The zero-order valence-electron chi connectivity index (χ0n) is 8.80. The Morgan fingerprint density at radius 2 is 1.79 bits per heavy atom. The zero-order chi connectivity index (χ0) is 10.6. The van der Waals surface area contributed by atoms with Gasteiger partial charge in [-0.15, -0.1) is 0 Å². The van der Waals surface area contributed by atoms with E-state index in [4.69, 9.17) is 4.74 Å². The summed E-state index contributed by atoms with van der Waals surface area (Å²) in [5, 5.41) is 2.94. The Bertz CT molecular complexity index is 160. The number of hydrogen-bond acceptors (Lipinski definition) is 2. The molecule has 14 heavy (non-hydrogen) atoms. The topological polar surface area (TPSA) is 21.3 Å². The minimum Gasteiger partial charge on any atom is -0.381 e. The first-order valence-electron chi connectivity index (χ1n) is 5.23. The fraction of sp³-hybridized carbons (Fsp3) is 1.00. The molecule has 84 valence electrons. The molecule has 1 N–H and O–H groups in total. The number of nitrogens with one attached hydrogen (secondary N) is 1. The van der Waals surface area contributed by atoms with Crippen molar-refractivity contribution in [1.82, 2.24) is 5.32 Å². The second-order valence-electron chi connectivity index (χ2n) is 4.03. The van der Waals surface area contributed by atoms with E-state index in [0.29, 0.717) is 5.92 Å². The van der Waals surface area contributed by atoms with E-state index in [2.05, 4.69) is 5.32 Å². The molecule has 2 nitrogen and oxygen atoms in total. The molecule has 0 saturated carbocycles. The van der Waals surface area contributed by atoms with Crippen LogP contribution in [0.5, 0.6) is 0 Å². The molecule has 0 aliphatic carbocycles. The Labute approximate surface area is 84.0 Å². The second kappa shape index (κ2) is 5.61. The van der Waals surface area contributed by atoms with Crippen molar-refractivity contribution in [2.45, 2.75) is 45.2 Å². The van der Waals surface area contributed by atoms with E-state index in [1.807, 2.05) is 6.92 Å². The SMILES string of the molecule is CC(NC(C)C1CCOCC1)C(F)F. The molecule has 4 heteroatoms. The van der Waals surface area contributed by atoms with Gasteiger partial charge in [0.1, 0.15) is 0 Å². The van der Waals surface area contributed by atoms with Crippen molar-refractivity contribution in [3.63, 3.8) is 0 Å². The highest BCUT2D eigenvalue weighted by Gasteiger charge is 2.24. The summed E-state index contributed by atoms with van der Waals surface area (Å²) >= 11 is 0. The van der Waals surface area contributed by atoms with Crippen LogP contribution in [0.2, 0.25) is 0 Å². The fourth-order valence-electron chi connectivity index (χ4n) is 1.84. The molecule has 1 aliphatic heterocycles. The Balaban J connectivity index is 2.28. The van der Waals surface area contributed by atoms with Crippen LogP contribution in [0.25, 0.3) is 0 Å². The van der Waals surface area contributed by atoms with Crippen LogP contribution in [-0.4, -0.2) is 31.7 Å². The lowest BCUT2D eigenvalue weighted by Gasteiger charge is -2.30. The Morgan fingerprint density at radius 1 is 1.21 bits per heavy atom. The maximum atomic E-state index is 12.3. The highest BCUT2D eigenvalue weighted by molar-refractivity contribution is 4.78. The molecule has 2 unspecified atom stereocenters.